The van der Waals surface area contributed by atoms with Gasteiger partial charge in [0.2, 0.25) is 0 Å². The first-order chi connectivity index (χ1) is 11.9. The van der Waals surface area contributed by atoms with Crippen LogP contribution in [0.2, 0.25) is 0 Å². The highest BCUT2D eigenvalue weighted by molar-refractivity contribution is 6.00. The van der Waals surface area contributed by atoms with Gasteiger partial charge in [0, 0.05) is 18.1 Å². The number of benzene rings is 2. The average molecular weight is 333 g/mol. The Morgan fingerprint density at radius 3 is 2.48 bits per heavy atom. The van der Waals surface area contributed by atoms with E-state index < -0.39 is 0 Å². The number of hydrogen-bond donors (Lipinski definition) is 2. The van der Waals surface area contributed by atoms with Crippen LogP contribution in [0.5, 0.6) is 0 Å². The SMILES string of the molecule is CC(C)(C)c1ccc(CNC(=O)Nc2cccc3ncccc23)cc1. The number of carbonyl (C=O) groups is 1. The summed E-state index contributed by atoms with van der Waals surface area (Å²) in [6.45, 7) is 7.05. The highest BCUT2D eigenvalue weighted by atomic mass is 16.2. The summed E-state index contributed by atoms with van der Waals surface area (Å²) >= 11 is 0. The van der Waals surface area contributed by atoms with Crippen LogP contribution in [0.3, 0.4) is 0 Å². The Morgan fingerprint density at radius 2 is 1.76 bits per heavy atom. The summed E-state index contributed by atoms with van der Waals surface area (Å²) in [6, 6.07) is 17.6. The van der Waals surface area contributed by atoms with E-state index in [9.17, 15) is 4.79 Å². The van der Waals surface area contributed by atoms with Gasteiger partial charge >= 0.3 is 6.03 Å². The van der Waals surface area contributed by atoms with Crippen molar-refractivity contribution in [2.75, 3.05) is 5.32 Å². The summed E-state index contributed by atoms with van der Waals surface area (Å²) in [5.74, 6) is 0. The highest BCUT2D eigenvalue weighted by Gasteiger charge is 2.13. The molecule has 1 aromatic heterocycles. The van der Waals surface area contributed by atoms with Crippen LogP contribution in [0, 0.1) is 0 Å². The zero-order chi connectivity index (χ0) is 17.9. The van der Waals surface area contributed by atoms with E-state index >= 15 is 0 Å². The second-order valence-electron chi connectivity index (χ2n) is 7.13. The van der Waals surface area contributed by atoms with Crippen LogP contribution in [0.4, 0.5) is 10.5 Å². The number of carbonyl (C=O) groups excluding carboxylic acids is 1. The molecule has 3 rings (SSSR count). The maximum absolute atomic E-state index is 12.2. The molecule has 2 aromatic carbocycles. The number of hydrogen-bond acceptors (Lipinski definition) is 2. The van der Waals surface area contributed by atoms with E-state index in [-0.39, 0.29) is 11.4 Å². The number of nitrogens with zero attached hydrogens (tertiary/aromatic N) is 1. The van der Waals surface area contributed by atoms with Crippen molar-refractivity contribution in [2.45, 2.75) is 32.7 Å². The minimum Gasteiger partial charge on any atom is -0.334 e. The van der Waals surface area contributed by atoms with E-state index in [1.165, 1.54) is 5.56 Å². The molecule has 4 heteroatoms. The van der Waals surface area contributed by atoms with Gasteiger partial charge in [-0.25, -0.2) is 4.79 Å². The molecule has 0 aliphatic heterocycles. The van der Waals surface area contributed by atoms with Crippen molar-refractivity contribution in [3.63, 3.8) is 0 Å². The smallest absolute Gasteiger partial charge is 0.319 e. The molecule has 2 amide bonds. The Bertz CT molecular complexity index is 874. The first kappa shape index (κ1) is 17.0. The predicted octanol–water partition coefficient (Wildman–Crippen LogP) is 4.85. The summed E-state index contributed by atoms with van der Waals surface area (Å²) in [4.78, 5) is 16.5. The number of anilines is 1. The molecule has 25 heavy (non-hydrogen) atoms. The van der Waals surface area contributed by atoms with E-state index in [4.69, 9.17) is 0 Å². The van der Waals surface area contributed by atoms with Gasteiger partial charge < -0.3 is 10.6 Å². The molecule has 0 spiro atoms. The van der Waals surface area contributed by atoms with Crippen LogP contribution in [0.1, 0.15) is 31.9 Å². The zero-order valence-electron chi connectivity index (χ0n) is 14.8. The number of fused-ring (bicyclic) bond motifs is 1. The Kier molecular flexibility index (Phi) is 4.70. The molecule has 0 radical (unpaired) electrons. The van der Waals surface area contributed by atoms with Gasteiger partial charge in [0.15, 0.2) is 0 Å². The lowest BCUT2D eigenvalue weighted by Gasteiger charge is -2.19. The van der Waals surface area contributed by atoms with Crippen LogP contribution in [-0.2, 0) is 12.0 Å². The lowest BCUT2D eigenvalue weighted by Crippen LogP contribution is -2.28. The predicted molar refractivity (Wildman–Crippen MR) is 103 cm³/mol. The molecule has 1 heterocycles. The summed E-state index contributed by atoms with van der Waals surface area (Å²) in [7, 11) is 0. The largest absolute Gasteiger partial charge is 0.334 e. The maximum Gasteiger partial charge on any atom is 0.319 e. The van der Waals surface area contributed by atoms with Crippen LogP contribution < -0.4 is 10.6 Å². The monoisotopic (exact) mass is 333 g/mol. The van der Waals surface area contributed by atoms with Crippen molar-refractivity contribution >= 4 is 22.6 Å². The van der Waals surface area contributed by atoms with Gasteiger partial charge in [-0.15, -0.1) is 0 Å². The van der Waals surface area contributed by atoms with Crippen LogP contribution in [0.25, 0.3) is 10.9 Å². The van der Waals surface area contributed by atoms with Gasteiger partial charge in [0.1, 0.15) is 0 Å². The fourth-order valence-corrected chi connectivity index (χ4v) is 2.68. The molecule has 0 atom stereocenters. The second-order valence-corrected chi connectivity index (χ2v) is 7.13. The van der Waals surface area contributed by atoms with Gasteiger partial charge in [-0.3, -0.25) is 4.98 Å². The molecular weight excluding hydrogens is 310 g/mol. The maximum atomic E-state index is 12.2. The molecule has 3 aromatic rings. The third-order valence-corrected chi connectivity index (χ3v) is 4.17. The van der Waals surface area contributed by atoms with Crippen molar-refractivity contribution in [1.82, 2.24) is 10.3 Å². The van der Waals surface area contributed by atoms with Crippen molar-refractivity contribution in [3.8, 4) is 0 Å². The van der Waals surface area contributed by atoms with E-state index in [2.05, 4.69) is 60.7 Å². The quantitative estimate of drug-likeness (QED) is 0.719. The normalized spacial score (nSPS) is 11.3. The third kappa shape index (κ3) is 4.15. The first-order valence-corrected chi connectivity index (χ1v) is 8.41. The third-order valence-electron chi connectivity index (χ3n) is 4.17. The van der Waals surface area contributed by atoms with Crippen molar-refractivity contribution < 1.29 is 4.79 Å². The molecule has 0 aliphatic rings. The van der Waals surface area contributed by atoms with E-state index in [1.54, 1.807) is 6.20 Å². The topological polar surface area (TPSA) is 54.0 Å². The number of amides is 2. The Balaban J connectivity index is 1.63. The Morgan fingerprint density at radius 1 is 1.00 bits per heavy atom. The van der Waals surface area contributed by atoms with Crippen LogP contribution >= 0.6 is 0 Å². The number of aromatic nitrogens is 1. The van der Waals surface area contributed by atoms with E-state index in [0.717, 1.165) is 22.2 Å². The molecule has 2 N–H and O–H groups in total. The van der Waals surface area contributed by atoms with Gasteiger partial charge in [-0.1, -0.05) is 51.1 Å². The molecule has 4 nitrogen and oxygen atoms in total. The molecule has 0 aliphatic carbocycles. The van der Waals surface area contributed by atoms with Gasteiger partial charge in [-0.2, -0.15) is 0 Å². The van der Waals surface area contributed by atoms with Gasteiger partial charge in [0.05, 0.1) is 11.2 Å². The number of nitrogens with one attached hydrogen (secondary N) is 2. The molecule has 0 unspecified atom stereocenters. The van der Waals surface area contributed by atoms with Crippen LogP contribution in [0.15, 0.2) is 60.8 Å². The summed E-state index contributed by atoms with van der Waals surface area (Å²) < 4.78 is 0. The fraction of sp³-hybridized carbons (Fsp3) is 0.238. The van der Waals surface area contributed by atoms with E-state index in [0.29, 0.717) is 6.54 Å². The lowest BCUT2D eigenvalue weighted by atomic mass is 9.87. The van der Waals surface area contributed by atoms with Gasteiger partial charge in [-0.05, 0) is 40.8 Å². The lowest BCUT2D eigenvalue weighted by molar-refractivity contribution is 0.252. The summed E-state index contributed by atoms with van der Waals surface area (Å²) in [5.41, 5.74) is 4.10. The highest BCUT2D eigenvalue weighted by Crippen LogP contribution is 2.22. The molecule has 0 saturated carbocycles. The number of rotatable bonds is 3. The van der Waals surface area contributed by atoms with Crippen LogP contribution in [-0.4, -0.2) is 11.0 Å². The molecule has 0 saturated heterocycles. The average Bonchev–Trinajstić information content (AvgIpc) is 2.60. The van der Waals surface area contributed by atoms with Crippen molar-refractivity contribution in [2.24, 2.45) is 0 Å². The van der Waals surface area contributed by atoms with E-state index in [1.807, 2.05) is 30.3 Å². The molecule has 0 bridgehead atoms. The molecule has 128 valence electrons. The Labute approximate surface area is 148 Å². The van der Waals surface area contributed by atoms with Crippen molar-refractivity contribution in [1.29, 1.82) is 0 Å². The van der Waals surface area contributed by atoms with Gasteiger partial charge in [0.25, 0.3) is 0 Å². The number of pyridine rings is 1. The Hall–Kier alpha value is -2.88. The minimum absolute atomic E-state index is 0.131. The molecular formula is C21H23N3O. The second kappa shape index (κ2) is 6.93. The minimum atomic E-state index is -0.226. The standard InChI is InChI=1S/C21H23N3O/c1-21(2,3)16-11-9-15(10-12-16)14-23-20(25)24-19-8-4-7-18-17(19)6-5-13-22-18/h4-13H,14H2,1-3H3,(H2,23,24,25). The zero-order valence-corrected chi connectivity index (χ0v) is 14.8. The molecule has 0 fully saturated rings. The summed E-state index contributed by atoms with van der Waals surface area (Å²) in [5, 5.41) is 6.73. The summed E-state index contributed by atoms with van der Waals surface area (Å²) in [6.07, 6.45) is 1.74. The first-order valence-electron chi connectivity index (χ1n) is 8.41. The fourth-order valence-electron chi connectivity index (χ4n) is 2.68. The number of urea groups is 1. The van der Waals surface area contributed by atoms with Crippen molar-refractivity contribution in [3.05, 3.63) is 71.9 Å².